The van der Waals surface area contributed by atoms with E-state index >= 15 is 0 Å². The van der Waals surface area contributed by atoms with Crippen LogP contribution in [0.5, 0.6) is 0 Å². The lowest BCUT2D eigenvalue weighted by atomic mass is 10.5. The van der Waals surface area contributed by atoms with Gasteiger partial charge in [0, 0.05) is 13.5 Å². The van der Waals surface area contributed by atoms with Crippen molar-refractivity contribution in [3.05, 3.63) is 22.8 Å². The van der Waals surface area contributed by atoms with Crippen LogP contribution < -0.4 is 5.06 Å². The van der Waals surface area contributed by atoms with E-state index in [4.69, 9.17) is 4.84 Å². The maximum atomic E-state index is 11.0. The summed E-state index contributed by atoms with van der Waals surface area (Å²) in [6.07, 6.45) is 0.346. The fourth-order valence-electron chi connectivity index (χ4n) is 0.837. The molecule has 0 N–H and O–H groups in total. The molecular weight excluding hydrogens is 248 g/mol. The Morgan fingerprint density at radius 3 is 2.93 bits per heavy atom. The molecule has 0 bridgehead atoms. The van der Waals surface area contributed by atoms with Crippen molar-refractivity contribution in [1.82, 2.24) is 4.98 Å². The normalized spacial score (nSPS) is 9.64. The first-order chi connectivity index (χ1) is 6.63. The average Bonchev–Trinajstić information content (AvgIpc) is 2.17. The van der Waals surface area contributed by atoms with Gasteiger partial charge in [0.15, 0.2) is 5.82 Å². The van der Waals surface area contributed by atoms with Gasteiger partial charge in [-0.2, -0.15) is 5.06 Å². The number of nitrogens with zero attached hydrogens (tertiary/aromatic N) is 2. The predicted molar refractivity (Wildman–Crippen MR) is 56.7 cm³/mol. The quantitative estimate of drug-likeness (QED) is 0.616. The third-order valence-electron chi connectivity index (χ3n) is 1.55. The summed E-state index contributed by atoms with van der Waals surface area (Å²) in [7, 11) is 1.64. The summed E-state index contributed by atoms with van der Waals surface area (Å²) in [4.78, 5) is 20.1. The second-order valence-electron chi connectivity index (χ2n) is 2.63. The standard InChI is InChI=1S/C9H11BrN2O2/c1-3-9(13)14-12(2)8-6-4-5-7(10)11-8/h4-6H,3H2,1-2H3. The lowest BCUT2D eigenvalue weighted by molar-refractivity contribution is -0.144. The van der Waals surface area contributed by atoms with E-state index in [1.165, 1.54) is 5.06 Å². The molecule has 4 nitrogen and oxygen atoms in total. The Morgan fingerprint density at radius 1 is 1.64 bits per heavy atom. The number of hydroxylamine groups is 1. The Morgan fingerprint density at radius 2 is 2.36 bits per heavy atom. The van der Waals surface area contributed by atoms with Crippen molar-refractivity contribution in [1.29, 1.82) is 0 Å². The molecule has 0 aromatic carbocycles. The van der Waals surface area contributed by atoms with Crippen molar-refractivity contribution in [2.45, 2.75) is 13.3 Å². The fourth-order valence-corrected chi connectivity index (χ4v) is 1.17. The number of anilines is 1. The molecule has 5 heteroatoms. The van der Waals surface area contributed by atoms with Gasteiger partial charge in [-0.15, -0.1) is 0 Å². The number of carbonyl (C=O) groups is 1. The first kappa shape index (κ1) is 11.0. The average molecular weight is 259 g/mol. The highest BCUT2D eigenvalue weighted by molar-refractivity contribution is 9.10. The maximum Gasteiger partial charge on any atom is 0.332 e. The predicted octanol–water partition coefficient (Wildman–Crippen LogP) is 2.15. The molecule has 0 fully saturated rings. The van der Waals surface area contributed by atoms with E-state index in [2.05, 4.69) is 20.9 Å². The van der Waals surface area contributed by atoms with Crippen LogP contribution in [0.3, 0.4) is 0 Å². The second kappa shape index (κ2) is 4.95. The monoisotopic (exact) mass is 258 g/mol. The van der Waals surface area contributed by atoms with Gasteiger partial charge in [-0.25, -0.2) is 9.78 Å². The van der Waals surface area contributed by atoms with Crippen LogP contribution in [0.25, 0.3) is 0 Å². The molecule has 14 heavy (non-hydrogen) atoms. The topological polar surface area (TPSA) is 42.4 Å². The molecule has 0 radical (unpaired) electrons. The second-order valence-corrected chi connectivity index (χ2v) is 3.45. The Hall–Kier alpha value is -1.10. The molecule has 1 aromatic heterocycles. The molecule has 0 saturated heterocycles. The lowest BCUT2D eigenvalue weighted by Gasteiger charge is -2.16. The first-order valence-corrected chi connectivity index (χ1v) is 5.00. The molecule has 1 rings (SSSR count). The first-order valence-electron chi connectivity index (χ1n) is 4.20. The summed E-state index contributed by atoms with van der Waals surface area (Å²) >= 11 is 3.24. The SMILES string of the molecule is CCC(=O)ON(C)c1cccc(Br)n1. The minimum atomic E-state index is -0.283. The van der Waals surface area contributed by atoms with Gasteiger partial charge in [-0.3, -0.25) is 0 Å². The van der Waals surface area contributed by atoms with Crippen LogP contribution in [0.4, 0.5) is 5.82 Å². The summed E-state index contributed by atoms with van der Waals surface area (Å²) in [6.45, 7) is 1.74. The van der Waals surface area contributed by atoms with Gasteiger partial charge >= 0.3 is 5.97 Å². The van der Waals surface area contributed by atoms with Gasteiger partial charge in [0.1, 0.15) is 4.60 Å². The van der Waals surface area contributed by atoms with Gasteiger partial charge in [0.05, 0.1) is 0 Å². The minimum absolute atomic E-state index is 0.283. The van der Waals surface area contributed by atoms with Gasteiger partial charge < -0.3 is 4.84 Å². The molecule has 76 valence electrons. The van der Waals surface area contributed by atoms with E-state index in [0.29, 0.717) is 16.8 Å². The molecule has 0 aliphatic rings. The van der Waals surface area contributed by atoms with Crippen LogP contribution in [-0.4, -0.2) is 18.0 Å². The summed E-state index contributed by atoms with van der Waals surface area (Å²) in [6, 6.07) is 5.38. The number of halogens is 1. The van der Waals surface area contributed by atoms with Crippen LogP contribution in [0, 0.1) is 0 Å². The van der Waals surface area contributed by atoms with Crippen molar-refractivity contribution in [3.8, 4) is 0 Å². The Bertz CT molecular complexity index is 330. The lowest BCUT2D eigenvalue weighted by Crippen LogP contribution is -2.22. The van der Waals surface area contributed by atoms with E-state index in [1.54, 1.807) is 26.1 Å². The number of pyridine rings is 1. The highest BCUT2D eigenvalue weighted by Gasteiger charge is 2.07. The van der Waals surface area contributed by atoms with Crippen LogP contribution in [0.15, 0.2) is 22.8 Å². The van der Waals surface area contributed by atoms with Gasteiger partial charge in [-0.05, 0) is 28.1 Å². The Balaban J connectivity index is 2.69. The van der Waals surface area contributed by atoms with E-state index in [0.717, 1.165) is 0 Å². The number of carbonyl (C=O) groups excluding carboxylic acids is 1. The molecular formula is C9H11BrN2O2. The summed E-state index contributed by atoms with van der Waals surface area (Å²) in [5.74, 6) is 0.301. The molecule has 0 amide bonds. The smallest absolute Gasteiger partial charge is 0.332 e. The molecule has 1 aromatic rings. The molecule has 0 aliphatic carbocycles. The van der Waals surface area contributed by atoms with Gasteiger partial charge in [0.25, 0.3) is 0 Å². The van der Waals surface area contributed by atoms with Crippen molar-refractivity contribution in [3.63, 3.8) is 0 Å². The highest BCUT2D eigenvalue weighted by Crippen LogP contribution is 2.13. The van der Waals surface area contributed by atoms with Crippen LogP contribution in [0.1, 0.15) is 13.3 Å². The van der Waals surface area contributed by atoms with Gasteiger partial charge in [-0.1, -0.05) is 13.0 Å². The molecule has 1 heterocycles. The molecule has 0 spiro atoms. The minimum Gasteiger partial charge on any atom is -0.340 e. The zero-order valence-electron chi connectivity index (χ0n) is 8.03. The fraction of sp³-hybridized carbons (Fsp3) is 0.333. The molecule has 0 unspecified atom stereocenters. The molecule has 0 aliphatic heterocycles. The molecule has 0 saturated carbocycles. The van der Waals surface area contributed by atoms with Crippen molar-refractivity contribution in [2.75, 3.05) is 12.1 Å². The van der Waals surface area contributed by atoms with Crippen LogP contribution in [-0.2, 0) is 9.63 Å². The third kappa shape index (κ3) is 2.99. The van der Waals surface area contributed by atoms with Gasteiger partial charge in [0.2, 0.25) is 0 Å². The summed E-state index contributed by atoms with van der Waals surface area (Å²) < 4.78 is 0.703. The number of hydrogen-bond acceptors (Lipinski definition) is 4. The Labute approximate surface area is 91.0 Å². The number of aromatic nitrogens is 1. The Kier molecular flexibility index (Phi) is 3.88. The van der Waals surface area contributed by atoms with E-state index < -0.39 is 0 Å². The largest absolute Gasteiger partial charge is 0.340 e. The van der Waals surface area contributed by atoms with E-state index in [9.17, 15) is 4.79 Å². The van der Waals surface area contributed by atoms with Crippen molar-refractivity contribution in [2.24, 2.45) is 0 Å². The highest BCUT2D eigenvalue weighted by atomic mass is 79.9. The summed E-state index contributed by atoms with van der Waals surface area (Å²) in [5, 5.41) is 1.34. The zero-order valence-corrected chi connectivity index (χ0v) is 9.61. The van der Waals surface area contributed by atoms with Crippen LogP contribution in [0.2, 0.25) is 0 Å². The number of hydrogen-bond donors (Lipinski definition) is 0. The maximum absolute atomic E-state index is 11.0. The van der Waals surface area contributed by atoms with Crippen molar-refractivity contribution < 1.29 is 9.63 Å². The van der Waals surface area contributed by atoms with Crippen molar-refractivity contribution >= 4 is 27.7 Å². The van der Waals surface area contributed by atoms with E-state index in [-0.39, 0.29) is 5.97 Å². The van der Waals surface area contributed by atoms with E-state index in [1.807, 2.05) is 6.07 Å². The number of rotatable bonds is 3. The third-order valence-corrected chi connectivity index (χ3v) is 1.99. The van der Waals surface area contributed by atoms with Crippen LogP contribution >= 0.6 is 15.9 Å². The zero-order chi connectivity index (χ0) is 10.6. The molecule has 0 atom stereocenters. The summed E-state index contributed by atoms with van der Waals surface area (Å²) in [5.41, 5.74) is 0.